The summed E-state index contributed by atoms with van der Waals surface area (Å²) in [6.07, 6.45) is -7.63. The summed E-state index contributed by atoms with van der Waals surface area (Å²) >= 11 is 0. The van der Waals surface area contributed by atoms with Gasteiger partial charge in [0.25, 0.3) is 0 Å². The summed E-state index contributed by atoms with van der Waals surface area (Å²) in [4.78, 5) is 58.1. The van der Waals surface area contributed by atoms with Gasteiger partial charge < -0.3 is 73.5 Å². The zero-order valence-electron chi connectivity index (χ0n) is 28.5. The van der Waals surface area contributed by atoms with Crippen molar-refractivity contribution in [3.63, 3.8) is 0 Å². The van der Waals surface area contributed by atoms with Gasteiger partial charge in [-0.15, -0.1) is 0 Å². The minimum Gasteiger partial charge on any atom is -0.481 e. The lowest BCUT2D eigenvalue weighted by Crippen LogP contribution is -2.39. The van der Waals surface area contributed by atoms with Gasteiger partial charge in [-0.3, -0.25) is 24.0 Å². The first-order valence-electron chi connectivity index (χ1n) is 15.6. The lowest BCUT2D eigenvalue weighted by Gasteiger charge is -2.28. The van der Waals surface area contributed by atoms with Gasteiger partial charge in [0, 0.05) is 26.1 Å². The van der Waals surface area contributed by atoms with Crippen molar-refractivity contribution < 1.29 is 92.1 Å². The van der Waals surface area contributed by atoms with Crippen LogP contribution in [0.1, 0.15) is 32.6 Å². The smallest absolute Gasteiger partial charge is 0.325 e. The third-order valence-corrected chi connectivity index (χ3v) is 5.99. The van der Waals surface area contributed by atoms with E-state index < -0.39 is 120 Å². The number of carbonyl (C=O) groups is 5. The van der Waals surface area contributed by atoms with Gasteiger partial charge in [-0.25, -0.2) is 0 Å². The van der Waals surface area contributed by atoms with E-state index in [1.54, 1.807) is 6.92 Å². The van der Waals surface area contributed by atoms with Crippen molar-refractivity contribution in [2.24, 2.45) is 5.92 Å². The van der Waals surface area contributed by atoms with Gasteiger partial charge in [0.15, 0.2) is 18.9 Å². The molecule has 6 N–H and O–H groups in total. The lowest BCUT2D eigenvalue weighted by molar-refractivity contribution is -0.251. The second kappa shape index (κ2) is 29.1. The fourth-order valence-electron chi connectivity index (χ4n) is 3.18. The molecule has 7 atom stereocenters. The van der Waals surface area contributed by atoms with E-state index >= 15 is 0 Å². The van der Waals surface area contributed by atoms with Gasteiger partial charge in [0.05, 0.1) is 60.2 Å². The molecular weight excluding hydrogens is 685 g/mol. The molecule has 0 aromatic carbocycles. The number of hydrogen-bond donors (Lipinski definition) is 6. The molecule has 0 aliphatic carbocycles. The molecule has 0 heterocycles. The molecule has 0 spiro atoms. The van der Waals surface area contributed by atoms with Gasteiger partial charge in [0.1, 0.15) is 38.3 Å². The number of aliphatic hydroxyl groups is 4. The highest BCUT2D eigenvalue weighted by atomic mass is 31.0. The van der Waals surface area contributed by atoms with Crippen molar-refractivity contribution in [1.82, 2.24) is 5.32 Å². The van der Waals surface area contributed by atoms with Crippen molar-refractivity contribution in [1.29, 1.82) is 1.28 Å². The highest BCUT2D eigenvalue weighted by Crippen LogP contribution is 2.10. The summed E-state index contributed by atoms with van der Waals surface area (Å²) in [6, 6.07) is 0. The predicted molar refractivity (Wildman–Crippen MR) is 165 cm³/mol. The maximum absolute atomic E-state index is 12.4. The van der Waals surface area contributed by atoms with Crippen LogP contribution >= 0.6 is 9.18 Å². The summed E-state index contributed by atoms with van der Waals surface area (Å²) in [5.74, 6) is -4.49. The van der Waals surface area contributed by atoms with E-state index in [-0.39, 0.29) is 54.1 Å². The molecule has 0 aromatic heterocycles. The average molecular weight is 738 g/mol. The van der Waals surface area contributed by atoms with E-state index in [9.17, 15) is 39.3 Å². The third-order valence-electron chi connectivity index (χ3n) is 5.85. The fourth-order valence-corrected chi connectivity index (χ4v) is 3.34. The topological polar surface area (TPSA) is 282 Å². The molecule has 0 radical (unpaired) electrons. The Morgan fingerprint density at radius 1 is 0.673 bits per heavy atom. The van der Waals surface area contributed by atoms with Gasteiger partial charge >= 0.3 is 23.9 Å². The summed E-state index contributed by atoms with van der Waals surface area (Å²) in [6.45, 7) is -2.51. The number of aliphatic hydroxyl groups excluding tert-OH is 4. The van der Waals surface area contributed by atoms with Crippen LogP contribution in [-0.4, -0.2) is 167 Å². The van der Waals surface area contributed by atoms with Crippen LogP contribution in [0.25, 0.3) is 0 Å². The fraction of sp³-hybridized carbons (Fsp3) is 0.821. The average Bonchev–Trinajstić information content (AvgIpc) is 3.11. The predicted octanol–water partition coefficient (Wildman–Crippen LogP) is -2.74. The Kier molecular flexibility index (Phi) is 26.4. The number of hydrogen-bond acceptors (Lipinski definition) is 18. The van der Waals surface area contributed by atoms with E-state index in [4.69, 9.17) is 49.4 Å². The SMILES string of the molecule is [3H]PCOC(=O)CNC(=O)CCC(=O)OCC(OCC(CO)OC(CO)OCC(C)CO)OC(CO)COC(COC(=O)CCC(=O)O)OC. The van der Waals surface area contributed by atoms with E-state index in [1.165, 1.54) is 7.11 Å². The van der Waals surface area contributed by atoms with Crippen molar-refractivity contribution in [3.8, 4) is 0 Å². The van der Waals surface area contributed by atoms with Gasteiger partial charge in [-0.1, -0.05) is 16.1 Å². The molecule has 49 heavy (non-hydrogen) atoms. The lowest BCUT2D eigenvalue weighted by atomic mass is 10.2. The number of aliphatic carboxylic acids is 1. The van der Waals surface area contributed by atoms with Crippen LogP contribution in [0.5, 0.6) is 0 Å². The first kappa shape index (κ1) is 44.4. The molecule has 0 saturated heterocycles. The molecule has 0 rings (SSSR count). The van der Waals surface area contributed by atoms with Crippen molar-refractivity contribution in [2.75, 3.05) is 79.5 Å². The number of carboxylic acid groups (broad SMARTS) is 1. The molecule has 286 valence electrons. The first-order chi connectivity index (χ1) is 23.9. The molecule has 0 saturated carbocycles. The van der Waals surface area contributed by atoms with Crippen LogP contribution in [-0.2, 0) is 66.6 Å². The summed E-state index contributed by atoms with van der Waals surface area (Å²) < 4.78 is 54.5. The van der Waals surface area contributed by atoms with Crippen molar-refractivity contribution in [2.45, 2.75) is 63.7 Å². The Balaban J connectivity index is 5.29. The quantitative estimate of drug-likeness (QED) is 0.0177. The van der Waals surface area contributed by atoms with Crippen LogP contribution in [0.2, 0.25) is 0 Å². The second-order valence-electron chi connectivity index (χ2n) is 10.1. The maximum Gasteiger partial charge on any atom is 0.325 e. The first-order valence-corrected chi connectivity index (χ1v) is 15.8. The largest absolute Gasteiger partial charge is 0.481 e. The molecule has 21 heteroatoms. The molecule has 0 aliphatic heterocycles. The number of amides is 1. The summed E-state index contributed by atoms with van der Waals surface area (Å²) in [5, 5.41) is 49.4. The Bertz CT molecular complexity index is 966. The molecule has 20 nitrogen and oxygen atoms in total. The summed E-state index contributed by atoms with van der Waals surface area (Å²) in [5.41, 5.74) is 0. The highest BCUT2D eigenvalue weighted by molar-refractivity contribution is 7.16. The Labute approximate surface area is 287 Å². The van der Waals surface area contributed by atoms with Crippen LogP contribution in [0, 0.1) is 5.92 Å². The molecule has 0 aliphatic rings. The number of esters is 3. The number of methoxy groups -OCH3 is 1. The number of carboxylic acids is 1. The summed E-state index contributed by atoms with van der Waals surface area (Å²) in [7, 11) is 0.886. The van der Waals surface area contributed by atoms with Crippen molar-refractivity contribution in [3.05, 3.63) is 0 Å². The minimum absolute atomic E-state index is 0.0407. The van der Waals surface area contributed by atoms with E-state index in [0.29, 0.717) is 0 Å². The molecular formula is C28H50NO19P. The monoisotopic (exact) mass is 737 g/mol. The number of rotatable bonds is 32. The Morgan fingerprint density at radius 2 is 1.22 bits per heavy atom. The standard InChI is InChI=1S/C28H50NO19P/c1-18(8-30)12-43-26(11-33)47-19(9-31)14-45-28(16-42-23(37)5-3-21(34)29-7-25(39)46-17-49)48-20(10-32)13-44-27(40-2)15-41-24(38)6-4-22(35)36/h18-20,26-28,30-33H,3-17,49H2,1-2H3,(H,29,34)(H,35,36)/i49T. The van der Waals surface area contributed by atoms with Crippen LogP contribution in [0.15, 0.2) is 0 Å². The third kappa shape index (κ3) is 25.1. The van der Waals surface area contributed by atoms with Crippen LogP contribution in [0.3, 0.4) is 0 Å². The number of ether oxygens (including phenoxy) is 9. The second-order valence-corrected chi connectivity index (χ2v) is 10.4. The Hall–Kier alpha value is -2.62. The van der Waals surface area contributed by atoms with Crippen molar-refractivity contribution >= 4 is 39.0 Å². The zero-order chi connectivity index (χ0) is 37.7. The van der Waals surface area contributed by atoms with Gasteiger partial charge in [0.2, 0.25) is 5.91 Å². The zero-order valence-corrected chi connectivity index (χ0v) is 28.5. The molecule has 1 amide bonds. The van der Waals surface area contributed by atoms with E-state index in [2.05, 4.69) is 10.1 Å². The van der Waals surface area contributed by atoms with Crippen LogP contribution < -0.4 is 5.32 Å². The molecule has 0 bridgehead atoms. The highest BCUT2D eigenvalue weighted by Gasteiger charge is 2.25. The van der Waals surface area contributed by atoms with Gasteiger partial charge in [-0.05, 0) is 0 Å². The minimum atomic E-state index is -1.42. The molecule has 0 aromatic rings. The Morgan fingerprint density at radius 3 is 1.76 bits per heavy atom. The number of carbonyl (C=O) groups excluding carboxylic acids is 4. The number of nitrogens with one attached hydrogen (secondary N) is 1. The molecule has 0 fully saturated rings. The molecule has 7 unspecified atom stereocenters. The maximum atomic E-state index is 12.4. The van der Waals surface area contributed by atoms with Gasteiger partial charge in [-0.2, -0.15) is 0 Å². The van der Waals surface area contributed by atoms with E-state index in [0.717, 1.165) is 0 Å². The van der Waals surface area contributed by atoms with Crippen LogP contribution in [0.4, 0.5) is 0 Å². The van der Waals surface area contributed by atoms with E-state index in [1.807, 2.05) is 0 Å². The normalized spacial score (nSPS) is 15.4.